The fourth-order valence-electron chi connectivity index (χ4n) is 1.64. The van der Waals surface area contributed by atoms with Crippen LogP contribution in [0.15, 0.2) is 50.7 Å². The highest BCUT2D eigenvalue weighted by Crippen LogP contribution is 2.16. The normalized spacial score (nSPS) is 10.4. The summed E-state index contributed by atoms with van der Waals surface area (Å²) in [6, 6.07) is 6.95. The number of carbonyl (C=O) groups is 1. The minimum absolute atomic E-state index is 0.155. The largest absolute Gasteiger partial charge is 0.316 e. The minimum atomic E-state index is -0.703. The number of aryl methyl sites for hydroxylation is 1. The average molecular weight is 323 g/mol. The van der Waals surface area contributed by atoms with Crippen LogP contribution in [0.25, 0.3) is 0 Å². The van der Waals surface area contributed by atoms with Crippen LogP contribution in [-0.4, -0.2) is 14.9 Å². The topological polar surface area (TPSA) is 61.1 Å². The smallest absolute Gasteiger partial charge is 0.312 e. The van der Waals surface area contributed by atoms with Gasteiger partial charge in [-0.15, -0.1) is 0 Å². The van der Waals surface area contributed by atoms with E-state index >= 15 is 0 Å². The summed E-state index contributed by atoms with van der Waals surface area (Å²) in [6.45, 7) is -0.155. The highest BCUT2D eigenvalue weighted by molar-refractivity contribution is 9.10. The number of aromatic nitrogens is 2. The molecule has 0 fully saturated rings. The summed E-state index contributed by atoms with van der Waals surface area (Å²) in [6.07, 6.45) is 2.88. The molecule has 0 unspecified atom stereocenters. The maximum Gasteiger partial charge on any atom is 0.316 e. The van der Waals surface area contributed by atoms with Crippen LogP contribution in [0.3, 0.4) is 0 Å². The van der Waals surface area contributed by atoms with E-state index in [1.807, 2.05) is 0 Å². The van der Waals surface area contributed by atoms with Gasteiger partial charge in [0, 0.05) is 29.5 Å². The highest BCUT2D eigenvalue weighted by Gasteiger charge is 2.12. The Morgan fingerprint density at radius 2 is 1.84 bits per heavy atom. The molecule has 0 radical (unpaired) electrons. The fraction of sp³-hybridized carbons (Fsp3) is 0.154. The Labute approximate surface area is 117 Å². The van der Waals surface area contributed by atoms with Gasteiger partial charge in [0.25, 0.3) is 0 Å². The second kappa shape index (κ2) is 5.36. The molecule has 0 aliphatic carbocycles. The minimum Gasteiger partial charge on any atom is -0.312 e. The molecule has 1 heterocycles. The van der Waals surface area contributed by atoms with E-state index < -0.39 is 11.1 Å². The molecule has 0 bridgehead atoms. The van der Waals surface area contributed by atoms with E-state index in [0.717, 1.165) is 4.57 Å². The second-order valence-corrected chi connectivity index (χ2v) is 4.90. The molecule has 0 aliphatic rings. The number of nitrogens with zero attached hydrogens (tertiary/aromatic N) is 2. The molecule has 1 aromatic carbocycles. The predicted octanol–water partition coefficient (Wildman–Crippen LogP) is 1.19. The summed E-state index contributed by atoms with van der Waals surface area (Å²) in [7, 11) is 1.49. The molecule has 0 saturated heterocycles. The molecule has 1 aromatic heterocycles. The SMILES string of the molecule is Cn1ccn(CC(=O)c2ccccc2Br)c(=O)c1=O. The molecule has 0 aliphatic heterocycles. The molecule has 5 nitrogen and oxygen atoms in total. The Morgan fingerprint density at radius 3 is 2.53 bits per heavy atom. The average Bonchev–Trinajstić information content (AvgIpc) is 2.40. The van der Waals surface area contributed by atoms with Crippen molar-refractivity contribution in [3.63, 3.8) is 0 Å². The maximum absolute atomic E-state index is 12.1. The van der Waals surface area contributed by atoms with Crippen LogP contribution >= 0.6 is 15.9 Å². The first kappa shape index (κ1) is 13.5. The van der Waals surface area contributed by atoms with E-state index in [1.165, 1.54) is 24.0 Å². The van der Waals surface area contributed by atoms with Crippen molar-refractivity contribution in [3.8, 4) is 0 Å². The van der Waals surface area contributed by atoms with Gasteiger partial charge in [-0.2, -0.15) is 0 Å². The fourth-order valence-corrected chi connectivity index (χ4v) is 2.15. The zero-order chi connectivity index (χ0) is 14.0. The predicted molar refractivity (Wildman–Crippen MR) is 74.4 cm³/mol. The lowest BCUT2D eigenvalue weighted by Crippen LogP contribution is -2.40. The molecular weight excluding hydrogens is 312 g/mol. The Hall–Kier alpha value is -1.95. The molecular formula is C13H11BrN2O3. The van der Waals surface area contributed by atoms with Crippen LogP contribution in [0.4, 0.5) is 0 Å². The summed E-state index contributed by atoms with van der Waals surface area (Å²) in [4.78, 5) is 35.3. The van der Waals surface area contributed by atoms with E-state index in [-0.39, 0.29) is 12.3 Å². The van der Waals surface area contributed by atoms with Crippen molar-refractivity contribution in [2.75, 3.05) is 0 Å². The van der Waals surface area contributed by atoms with Gasteiger partial charge >= 0.3 is 11.1 Å². The van der Waals surface area contributed by atoms with Crippen molar-refractivity contribution < 1.29 is 4.79 Å². The number of Topliss-reactive ketones (excluding diaryl/α,β-unsaturated/α-hetero) is 1. The van der Waals surface area contributed by atoms with E-state index in [9.17, 15) is 14.4 Å². The third-order valence-electron chi connectivity index (χ3n) is 2.72. The zero-order valence-corrected chi connectivity index (χ0v) is 11.8. The molecule has 2 rings (SSSR count). The summed E-state index contributed by atoms with van der Waals surface area (Å²) >= 11 is 3.28. The quantitative estimate of drug-likeness (QED) is 0.630. The van der Waals surface area contributed by atoms with E-state index in [1.54, 1.807) is 24.3 Å². The summed E-state index contributed by atoms with van der Waals surface area (Å²) in [5.74, 6) is -0.233. The summed E-state index contributed by atoms with van der Waals surface area (Å²) in [5.41, 5.74) is -0.872. The zero-order valence-electron chi connectivity index (χ0n) is 10.2. The number of benzene rings is 1. The number of carbonyl (C=O) groups excluding carboxylic acids is 1. The first-order chi connectivity index (χ1) is 9.00. The van der Waals surface area contributed by atoms with Crippen LogP contribution < -0.4 is 11.1 Å². The van der Waals surface area contributed by atoms with Crippen molar-refractivity contribution in [2.45, 2.75) is 6.54 Å². The van der Waals surface area contributed by atoms with Gasteiger partial charge in [0.05, 0.1) is 6.54 Å². The monoisotopic (exact) mass is 322 g/mol. The number of rotatable bonds is 3. The van der Waals surface area contributed by atoms with Crippen molar-refractivity contribution in [3.05, 3.63) is 67.4 Å². The molecule has 2 aromatic rings. The van der Waals surface area contributed by atoms with Gasteiger partial charge in [-0.3, -0.25) is 14.4 Å². The van der Waals surface area contributed by atoms with Crippen LogP contribution in [0, 0.1) is 0 Å². The van der Waals surface area contributed by atoms with E-state index in [0.29, 0.717) is 10.0 Å². The third-order valence-corrected chi connectivity index (χ3v) is 3.41. The first-order valence-electron chi connectivity index (χ1n) is 5.54. The lowest BCUT2D eigenvalue weighted by Gasteiger charge is -2.06. The number of ketones is 1. The highest BCUT2D eigenvalue weighted by atomic mass is 79.9. The second-order valence-electron chi connectivity index (χ2n) is 4.05. The molecule has 6 heteroatoms. The van der Waals surface area contributed by atoms with E-state index in [4.69, 9.17) is 0 Å². The lowest BCUT2D eigenvalue weighted by molar-refractivity contribution is 0.0969. The van der Waals surface area contributed by atoms with Gasteiger partial charge in [0.1, 0.15) is 0 Å². The Bertz CT molecular complexity index is 746. The van der Waals surface area contributed by atoms with Crippen molar-refractivity contribution >= 4 is 21.7 Å². The summed E-state index contributed by atoms with van der Waals surface area (Å²) < 4.78 is 2.96. The Kier molecular flexibility index (Phi) is 3.80. The maximum atomic E-state index is 12.1. The van der Waals surface area contributed by atoms with Gasteiger partial charge in [0.15, 0.2) is 5.78 Å². The first-order valence-corrected chi connectivity index (χ1v) is 6.34. The molecule has 19 heavy (non-hydrogen) atoms. The number of hydrogen-bond acceptors (Lipinski definition) is 3. The van der Waals surface area contributed by atoms with Crippen molar-refractivity contribution in [2.24, 2.45) is 7.05 Å². The van der Waals surface area contributed by atoms with Gasteiger partial charge in [-0.1, -0.05) is 34.1 Å². The van der Waals surface area contributed by atoms with Crippen molar-refractivity contribution in [1.29, 1.82) is 0 Å². The number of hydrogen-bond donors (Lipinski definition) is 0. The summed E-state index contributed by atoms with van der Waals surface area (Å²) in [5, 5.41) is 0. The van der Waals surface area contributed by atoms with Crippen LogP contribution in [-0.2, 0) is 13.6 Å². The van der Waals surface area contributed by atoms with Crippen LogP contribution in [0.5, 0.6) is 0 Å². The molecule has 0 amide bonds. The Morgan fingerprint density at radius 1 is 1.16 bits per heavy atom. The molecule has 0 spiro atoms. The van der Waals surface area contributed by atoms with E-state index in [2.05, 4.69) is 15.9 Å². The molecule has 0 N–H and O–H groups in total. The lowest BCUT2D eigenvalue weighted by atomic mass is 10.1. The molecule has 0 saturated carbocycles. The number of halogens is 1. The van der Waals surface area contributed by atoms with Gasteiger partial charge < -0.3 is 9.13 Å². The molecule has 0 atom stereocenters. The van der Waals surface area contributed by atoms with Gasteiger partial charge in [-0.05, 0) is 6.07 Å². The standard InChI is InChI=1S/C13H11BrN2O3/c1-15-6-7-16(13(19)12(15)18)8-11(17)9-4-2-3-5-10(9)14/h2-7H,8H2,1H3. The van der Waals surface area contributed by atoms with Crippen LogP contribution in [0.2, 0.25) is 0 Å². The van der Waals surface area contributed by atoms with Gasteiger partial charge in [-0.25, -0.2) is 0 Å². The van der Waals surface area contributed by atoms with Crippen molar-refractivity contribution in [1.82, 2.24) is 9.13 Å². The third kappa shape index (κ3) is 2.73. The van der Waals surface area contributed by atoms with Gasteiger partial charge in [0.2, 0.25) is 0 Å². The Balaban J connectivity index is 2.36. The van der Waals surface area contributed by atoms with Crippen LogP contribution in [0.1, 0.15) is 10.4 Å². The molecule has 98 valence electrons.